The van der Waals surface area contributed by atoms with Gasteiger partial charge >= 0.3 is 6.18 Å². The molecule has 208 valence electrons. The zero-order valence-electron chi connectivity index (χ0n) is 21.7. The van der Waals surface area contributed by atoms with Crippen LogP contribution in [-0.2, 0) is 9.59 Å². The summed E-state index contributed by atoms with van der Waals surface area (Å²) in [7, 11) is 1.49. The number of aromatic nitrogens is 1. The van der Waals surface area contributed by atoms with Gasteiger partial charge in [0.15, 0.2) is 12.1 Å². The fourth-order valence-electron chi connectivity index (χ4n) is 5.48. The number of guanidine groups is 1. The van der Waals surface area contributed by atoms with Crippen molar-refractivity contribution in [3.63, 3.8) is 0 Å². The SMILES string of the molecule is COc1cncc(C([C@@H]2C[C@H]2C(=O)N[C@H]2C[C@H](C(F)(F)F)Oc3ccccc32)N2C(=O)CC(C)(C)N=C2N)c1. The number of nitrogens with zero attached hydrogens (tertiary/aromatic N) is 3. The summed E-state index contributed by atoms with van der Waals surface area (Å²) in [5.41, 5.74) is 6.72. The van der Waals surface area contributed by atoms with Crippen molar-refractivity contribution in [3.8, 4) is 11.5 Å². The van der Waals surface area contributed by atoms with E-state index in [9.17, 15) is 22.8 Å². The summed E-state index contributed by atoms with van der Waals surface area (Å²) in [6.45, 7) is 3.62. The van der Waals surface area contributed by atoms with E-state index in [4.69, 9.17) is 15.2 Å². The van der Waals surface area contributed by atoms with Crippen LogP contribution in [0.3, 0.4) is 0 Å². The second-order valence-electron chi connectivity index (χ2n) is 10.8. The smallest absolute Gasteiger partial charge is 0.425 e. The molecule has 1 aromatic carbocycles. The molecule has 39 heavy (non-hydrogen) atoms. The number of carbonyl (C=O) groups is 2. The van der Waals surface area contributed by atoms with Crippen LogP contribution in [0.2, 0.25) is 0 Å². The molecule has 5 rings (SSSR count). The predicted octanol–water partition coefficient (Wildman–Crippen LogP) is 3.66. The van der Waals surface area contributed by atoms with Crippen LogP contribution in [-0.4, -0.2) is 52.6 Å². The number of hydrogen-bond donors (Lipinski definition) is 2. The van der Waals surface area contributed by atoms with Gasteiger partial charge in [0.25, 0.3) is 0 Å². The number of rotatable bonds is 6. The molecule has 5 atom stereocenters. The van der Waals surface area contributed by atoms with Crippen LogP contribution in [0.1, 0.15) is 56.3 Å². The number of nitrogens with two attached hydrogens (primary N) is 1. The fraction of sp³-hybridized carbons (Fsp3) is 0.481. The molecule has 1 aliphatic carbocycles. The Bertz CT molecular complexity index is 1310. The molecule has 2 amide bonds. The number of fused-ring (bicyclic) bond motifs is 1. The molecule has 9 nitrogen and oxygen atoms in total. The second kappa shape index (κ2) is 9.73. The summed E-state index contributed by atoms with van der Waals surface area (Å²) >= 11 is 0. The van der Waals surface area contributed by atoms with Crippen LogP contribution in [0.25, 0.3) is 0 Å². The zero-order valence-corrected chi connectivity index (χ0v) is 21.7. The minimum Gasteiger partial charge on any atom is -0.495 e. The number of benzene rings is 1. The third-order valence-electron chi connectivity index (χ3n) is 7.38. The molecule has 3 aliphatic rings. The first-order chi connectivity index (χ1) is 18.4. The van der Waals surface area contributed by atoms with Gasteiger partial charge in [0.1, 0.15) is 11.5 Å². The number of nitrogens with one attached hydrogen (secondary N) is 1. The molecule has 12 heteroatoms. The summed E-state index contributed by atoms with van der Waals surface area (Å²) in [6, 6.07) is 6.58. The Morgan fingerprint density at radius 1 is 1.26 bits per heavy atom. The Balaban J connectivity index is 1.41. The van der Waals surface area contributed by atoms with Gasteiger partial charge in [-0.2, -0.15) is 13.2 Å². The minimum atomic E-state index is -4.58. The van der Waals surface area contributed by atoms with Crippen molar-refractivity contribution in [2.75, 3.05) is 7.11 Å². The maximum atomic E-state index is 13.6. The lowest BCUT2D eigenvalue weighted by Crippen LogP contribution is -2.52. The highest BCUT2D eigenvalue weighted by Crippen LogP contribution is 2.52. The monoisotopic (exact) mass is 545 g/mol. The quantitative estimate of drug-likeness (QED) is 0.572. The Morgan fingerprint density at radius 2 is 2.00 bits per heavy atom. The van der Waals surface area contributed by atoms with Crippen molar-refractivity contribution in [1.29, 1.82) is 0 Å². The number of hydrogen-bond acceptors (Lipinski definition) is 7. The molecule has 3 heterocycles. The highest BCUT2D eigenvalue weighted by Gasteiger charge is 2.54. The average molecular weight is 546 g/mol. The van der Waals surface area contributed by atoms with E-state index in [-0.39, 0.29) is 30.0 Å². The third kappa shape index (κ3) is 5.37. The Hall–Kier alpha value is -3.83. The molecule has 1 saturated carbocycles. The molecule has 3 N–H and O–H groups in total. The van der Waals surface area contributed by atoms with E-state index in [0.717, 1.165) is 0 Å². The molecular formula is C27H30F3N5O4. The van der Waals surface area contributed by atoms with E-state index in [0.29, 0.717) is 23.3 Å². The predicted molar refractivity (Wildman–Crippen MR) is 135 cm³/mol. The summed E-state index contributed by atoms with van der Waals surface area (Å²) in [5, 5.41) is 2.81. The maximum Gasteiger partial charge on any atom is 0.425 e. The van der Waals surface area contributed by atoms with Crippen LogP contribution in [0.5, 0.6) is 11.5 Å². The molecule has 1 aromatic heterocycles. The standard InChI is InChI=1S/C27H30F3N5O4/c1-26(2)11-22(36)35(25(31)34-26)23(14-8-15(38-3)13-32-12-14)17-9-18(17)24(37)33-19-10-21(27(28,29)30)39-20-7-5-4-6-16(19)20/h4-8,12-13,17-19,21,23H,9-11H2,1-3H3,(H2,31,34)(H,33,37)/t17-,18-,19+,21-,23?/m1/s1. The van der Waals surface area contributed by atoms with E-state index >= 15 is 0 Å². The Kier molecular flexibility index (Phi) is 6.68. The van der Waals surface area contributed by atoms with Gasteiger partial charge in [0.2, 0.25) is 11.8 Å². The van der Waals surface area contributed by atoms with Crippen LogP contribution >= 0.6 is 0 Å². The molecule has 0 saturated heterocycles. The number of halogens is 3. The first-order valence-corrected chi connectivity index (χ1v) is 12.7. The third-order valence-corrected chi connectivity index (χ3v) is 7.38. The average Bonchev–Trinajstić information content (AvgIpc) is 3.65. The van der Waals surface area contributed by atoms with E-state index in [1.165, 1.54) is 24.3 Å². The number of ether oxygens (including phenoxy) is 2. The fourth-order valence-corrected chi connectivity index (χ4v) is 5.48. The maximum absolute atomic E-state index is 13.6. The first-order valence-electron chi connectivity index (χ1n) is 12.7. The second-order valence-corrected chi connectivity index (χ2v) is 10.8. The van der Waals surface area contributed by atoms with Gasteiger partial charge in [-0.15, -0.1) is 0 Å². The first kappa shape index (κ1) is 26.8. The topological polar surface area (TPSA) is 119 Å². The van der Waals surface area contributed by atoms with Gasteiger partial charge in [-0.3, -0.25) is 19.5 Å². The molecule has 0 radical (unpaired) electrons. The summed E-state index contributed by atoms with van der Waals surface area (Å²) in [6.07, 6.45) is -3.41. The lowest BCUT2D eigenvalue weighted by Gasteiger charge is -2.38. The highest BCUT2D eigenvalue weighted by atomic mass is 19.4. The molecule has 2 aliphatic heterocycles. The Labute approximate surface area is 223 Å². The molecule has 2 aromatic rings. The number of methoxy groups -OCH3 is 1. The molecular weight excluding hydrogens is 515 g/mol. The number of alkyl halides is 3. The van der Waals surface area contributed by atoms with E-state index in [2.05, 4.69) is 15.3 Å². The summed E-state index contributed by atoms with van der Waals surface area (Å²) < 4.78 is 51.2. The van der Waals surface area contributed by atoms with E-state index < -0.39 is 48.1 Å². The zero-order chi connectivity index (χ0) is 28.1. The number of amides is 2. The lowest BCUT2D eigenvalue weighted by atomic mass is 9.94. The number of pyridine rings is 1. The Morgan fingerprint density at radius 3 is 2.69 bits per heavy atom. The minimum absolute atomic E-state index is 0.0431. The van der Waals surface area contributed by atoms with Gasteiger partial charge in [-0.1, -0.05) is 18.2 Å². The largest absolute Gasteiger partial charge is 0.495 e. The van der Waals surface area contributed by atoms with Gasteiger partial charge < -0.3 is 20.5 Å². The van der Waals surface area contributed by atoms with Gasteiger partial charge in [0.05, 0.1) is 37.4 Å². The van der Waals surface area contributed by atoms with E-state index in [1.54, 1.807) is 30.5 Å². The van der Waals surface area contributed by atoms with Gasteiger partial charge in [-0.25, -0.2) is 4.99 Å². The summed E-state index contributed by atoms with van der Waals surface area (Å²) in [5.74, 6) is -0.948. The number of para-hydroxylation sites is 1. The normalized spacial score (nSPS) is 26.6. The van der Waals surface area contributed by atoms with Crippen LogP contribution in [0, 0.1) is 11.8 Å². The van der Waals surface area contributed by atoms with Crippen LogP contribution in [0.4, 0.5) is 13.2 Å². The number of aliphatic imine (C=N–C) groups is 1. The molecule has 0 bridgehead atoms. The van der Waals surface area contributed by atoms with Crippen LogP contribution in [0.15, 0.2) is 47.7 Å². The molecule has 0 spiro atoms. The van der Waals surface area contributed by atoms with Crippen molar-refractivity contribution < 1.29 is 32.2 Å². The van der Waals surface area contributed by atoms with Crippen molar-refractivity contribution in [2.45, 2.75) is 63.0 Å². The van der Waals surface area contributed by atoms with Gasteiger partial charge in [0, 0.05) is 24.1 Å². The molecule has 1 fully saturated rings. The van der Waals surface area contributed by atoms with Gasteiger partial charge in [-0.05, 0) is 43.9 Å². The van der Waals surface area contributed by atoms with Crippen molar-refractivity contribution in [1.82, 2.24) is 15.2 Å². The highest BCUT2D eigenvalue weighted by molar-refractivity contribution is 5.99. The summed E-state index contributed by atoms with van der Waals surface area (Å²) in [4.78, 5) is 36.8. The van der Waals surface area contributed by atoms with E-state index in [1.807, 2.05) is 13.8 Å². The molecule has 1 unspecified atom stereocenters. The van der Waals surface area contributed by atoms with Crippen molar-refractivity contribution >= 4 is 17.8 Å². The van der Waals surface area contributed by atoms with Crippen molar-refractivity contribution in [2.24, 2.45) is 22.6 Å². The lowest BCUT2D eigenvalue weighted by molar-refractivity contribution is -0.201. The number of carbonyl (C=O) groups excluding carboxylic acids is 2. The van der Waals surface area contributed by atoms with Crippen molar-refractivity contribution in [3.05, 3.63) is 53.9 Å². The van der Waals surface area contributed by atoms with Crippen LogP contribution < -0.4 is 20.5 Å².